The van der Waals surface area contributed by atoms with E-state index in [1.54, 1.807) is 31.2 Å². The van der Waals surface area contributed by atoms with Crippen LogP contribution in [0.25, 0.3) is 0 Å². The smallest absolute Gasteiger partial charge is 0.344 e. The van der Waals surface area contributed by atoms with Crippen molar-refractivity contribution >= 4 is 23.5 Å². The summed E-state index contributed by atoms with van der Waals surface area (Å²) in [6.07, 6.45) is 0. The van der Waals surface area contributed by atoms with Crippen molar-refractivity contribution in [1.82, 2.24) is 0 Å². The van der Waals surface area contributed by atoms with Gasteiger partial charge in [-0.25, -0.2) is 9.59 Å². The maximum absolute atomic E-state index is 11.2. The van der Waals surface area contributed by atoms with E-state index in [0.29, 0.717) is 10.8 Å². The molecule has 0 saturated carbocycles. The maximum Gasteiger partial charge on any atom is 0.344 e. The number of ether oxygens (including phenoxy) is 3. The molecule has 0 unspecified atom stereocenters. The van der Waals surface area contributed by atoms with E-state index in [0.717, 1.165) is 0 Å². The molecule has 0 aromatic heterocycles. The van der Waals surface area contributed by atoms with Gasteiger partial charge in [-0.3, -0.25) is 0 Å². The normalized spacial score (nSPS) is 9.67. The van der Waals surface area contributed by atoms with Crippen LogP contribution in [-0.4, -0.2) is 31.8 Å². The van der Waals surface area contributed by atoms with Gasteiger partial charge in [-0.1, -0.05) is 11.6 Å². The second-order valence-electron chi connectivity index (χ2n) is 3.21. The molecular formula is C12H13ClO5. The number of rotatable bonds is 6. The predicted octanol–water partition coefficient (Wildman–Crippen LogP) is 1.83. The molecule has 98 valence electrons. The molecule has 1 rings (SSSR count). The third-order valence-corrected chi connectivity index (χ3v) is 2.08. The first-order chi connectivity index (χ1) is 8.61. The van der Waals surface area contributed by atoms with Crippen LogP contribution in [0.15, 0.2) is 24.3 Å². The van der Waals surface area contributed by atoms with Gasteiger partial charge in [-0.2, -0.15) is 0 Å². The number of esters is 2. The highest BCUT2D eigenvalue weighted by atomic mass is 35.5. The highest BCUT2D eigenvalue weighted by Gasteiger charge is 2.08. The Bertz CT molecular complexity index is 401. The average Bonchev–Trinajstić information content (AvgIpc) is 2.36. The third-order valence-electron chi connectivity index (χ3n) is 1.83. The lowest BCUT2D eigenvalue weighted by Gasteiger charge is -2.06. The first-order valence-electron chi connectivity index (χ1n) is 5.31. The minimum Gasteiger partial charge on any atom is -0.482 e. The second-order valence-corrected chi connectivity index (χ2v) is 3.64. The zero-order valence-corrected chi connectivity index (χ0v) is 10.6. The summed E-state index contributed by atoms with van der Waals surface area (Å²) < 4.78 is 14.4. The third kappa shape index (κ3) is 5.54. The first-order valence-corrected chi connectivity index (χ1v) is 5.69. The zero-order chi connectivity index (χ0) is 13.4. The molecule has 0 aliphatic rings. The molecule has 0 bridgehead atoms. The van der Waals surface area contributed by atoms with Crippen LogP contribution < -0.4 is 4.74 Å². The van der Waals surface area contributed by atoms with Crippen molar-refractivity contribution in [3.05, 3.63) is 29.3 Å². The van der Waals surface area contributed by atoms with E-state index in [4.69, 9.17) is 16.3 Å². The van der Waals surface area contributed by atoms with Crippen LogP contribution in [0.4, 0.5) is 0 Å². The first kappa shape index (κ1) is 14.3. The summed E-state index contributed by atoms with van der Waals surface area (Å²) >= 11 is 5.69. The van der Waals surface area contributed by atoms with Gasteiger partial charge in [-0.05, 0) is 31.2 Å². The van der Waals surface area contributed by atoms with Crippen LogP contribution in [0.3, 0.4) is 0 Å². The molecular weight excluding hydrogens is 260 g/mol. The van der Waals surface area contributed by atoms with Crippen LogP contribution in [-0.2, 0) is 19.1 Å². The molecule has 1 aromatic carbocycles. The molecule has 0 atom stereocenters. The standard InChI is InChI=1S/C12H13ClO5/c1-2-16-11(14)8-18-12(15)7-17-10-5-3-9(13)4-6-10/h3-6H,2,7-8H2,1H3. The molecule has 0 amide bonds. The van der Waals surface area contributed by atoms with Gasteiger partial charge < -0.3 is 14.2 Å². The van der Waals surface area contributed by atoms with Crippen LogP contribution in [0.2, 0.25) is 5.02 Å². The van der Waals surface area contributed by atoms with Crippen LogP contribution in [0.5, 0.6) is 5.75 Å². The Labute approximate surface area is 110 Å². The summed E-state index contributed by atoms with van der Waals surface area (Å²) in [6.45, 7) is 1.23. The summed E-state index contributed by atoms with van der Waals surface area (Å²) in [5, 5.41) is 0.576. The number of carbonyl (C=O) groups is 2. The van der Waals surface area contributed by atoms with Crippen molar-refractivity contribution in [1.29, 1.82) is 0 Å². The van der Waals surface area contributed by atoms with E-state index in [1.165, 1.54) is 0 Å². The van der Waals surface area contributed by atoms with E-state index >= 15 is 0 Å². The van der Waals surface area contributed by atoms with Crippen molar-refractivity contribution < 1.29 is 23.8 Å². The molecule has 0 radical (unpaired) electrons. The van der Waals surface area contributed by atoms with Crippen molar-refractivity contribution in [2.45, 2.75) is 6.92 Å². The summed E-state index contributed by atoms with van der Waals surface area (Å²) in [7, 11) is 0. The summed E-state index contributed by atoms with van der Waals surface area (Å²) in [6, 6.07) is 6.53. The van der Waals surface area contributed by atoms with Gasteiger partial charge in [0.25, 0.3) is 0 Å². The predicted molar refractivity (Wildman–Crippen MR) is 64.5 cm³/mol. The number of halogens is 1. The highest BCUT2D eigenvalue weighted by Crippen LogP contribution is 2.15. The van der Waals surface area contributed by atoms with E-state index in [1.807, 2.05) is 0 Å². The fourth-order valence-electron chi connectivity index (χ4n) is 1.06. The lowest BCUT2D eigenvalue weighted by atomic mass is 10.3. The molecule has 0 saturated heterocycles. The summed E-state index contributed by atoms with van der Waals surface area (Å²) in [5.74, 6) is -0.733. The summed E-state index contributed by atoms with van der Waals surface area (Å²) in [4.78, 5) is 22.1. The van der Waals surface area contributed by atoms with Crippen molar-refractivity contribution in [3.8, 4) is 5.75 Å². The van der Waals surface area contributed by atoms with E-state index in [-0.39, 0.29) is 13.2 Å². The number of benzene rings is 1. The molecule has 0 N–H and O–H groups in total. The Balaban J connectivity index is 2.24. The Morgan fingerprint density at radius 2 is 1.67 bits per heavy atom. The van der Waals surface area contributed by atoms with Gasteiger partial charge in [0.05, 0.1) is 6.61 Å². The van der Waals surface area contributed by atoms with E-state index in [2.05, 4.69) is 9.47 Å². The number of carbonyl (C=O) groups excluding carboxylic acids is 2. The Kier molecular flexibility index (Phi) is 6.00. The lowest BCUT2D eigenvalue weighted by Crippen LogP contribution is -2.20. The minimum atomic E-state index is -0.641. The zero-order valence-electron chi connectivity index (χ0n) is 9.85. The molecule has 5 nitrogen and oxygen atoms in total. The van der Waals surface area contributed by atoms with Gasteiger partial charge in [0, 0.05) is 5.02 Å². The lowest BCUT2D eigenvalue weighted by molar-refractivity contribution is -0.159. The number of hydrogen-bond acceptors (Lipinski definition) is 5. The molecule has 6 heteroatoms. The maximum atomic E-state index is 11.2. The monoisotopic (exact) mass is 272 g/mol. The molecule has 0 aliphatic carbocycles. The number of hydrogen-bond donors (Lipinski definition) is 0. The fraction of sp³-hybridized carbons (Fsp3) is 0.333. The SMILES string of the molecule is CCOC(=O)COC(=O)COc1ccc(Cl)cc1. The largest absolute Gasteiger partial charge is 0.482 e. The molecule has 0 aliphatic heterocycles. The second kappa shape index (κ2) is 7.55. The van der Waals surface area contributed by atoms with Crippen LogP contribution >= 0.6 is 11.6 Å². The van der Waals surface area contributed by atoms with E-state index < -0.39 is 18.5 Å². The van der Waals surface area contributed by atoms with Gasteiger partial charge in [0.1, 0.15) is 5.75 Å². The highest BCUT2D eigenvalue weighted by molar-refractivity contribution is 6.30. The summed E-state index contributed by atoms with van der Waals surface area (Å²) in [5.41, 5.74) is 0. The molecule has 0 fully saturated rings. The minimum absolute atomic E-state index is 0.248. The Morgan fingerprint density at radius 1 is 1.06 bits per heavy atom. The topological polar surface area (TPSA) is 61.8 Å². The fourth-order valence-corrected chi connectivity index (χ4v) is 1.18. The molecule has 1 aromatic rings. The van der Waals surface area contributed by atoms with Gasteiger partial charge in [0.15, 0.2) is 13.2 Å². The molecule has 0 spiro atoms. The molecule has 0 heterocycles. The Hall–Kier alpha value is -1.75. The van der Waals surface area contributed by atoms with Crippen molar-refractivity contribution in [2.75, 3.05) is 19.8 Å². The van der Waals surface area contributed by atoms with Gasteiger partial charge in [0.2, 0.25) is 0 Å². The van der Waals surface area contributed by atoms with Gasteiger partial charge >= 0.3 is 11.9 Å². The Morgan fingerprint density at radius 3 is 2.28 bits per heavy atom. The van der Waals surface area contributed by atoms with Crippen molar-refractivity contribution in [3.63, 3.8) is 0 Å². The molecule has 18 heavy (non-hydrogen) atoms. The van der Waals surface area contributed by atoms with Crippen LogP contribution in [0, 0.1) is 0 Å². The van der Waals surface area contributed by atoms with Gasteiger partial charge in [-0.15, -0.1) is 0 Å². The van der Waals surface area contributed by atoms with E-state index in [9.17, 15) is 9.59 Å². The van der Waals surface area contributed by atoms with Crippen molar-refractivity contribution in [2.24, 2.45) is 0 Å². The quantitative estimate of drug-likeness (QED) is 0.739. The average molecular weight is 273 g/mol. The van der Waals surface area contributed by atoms with Crippen LogP contribution in [0.1, 0.15) is 6.92 Å².